The molecule has 0 radical (unpaired) electrons. The van der Waals surface area contributed by atoms with Gasteiger partial charge in [0, 0.05) is 13.1 Å². The fourth-order valence-corrected chi connectivity index (χ4v) is 2.15. The molecular weight excluding hydrogens is 260 g/mol. The number of aromatic amines is 1. The molecular formula is C13H22N4O3. The molecule has 1 fully saturated rings. The molecule has 1 aliphatic carbocycles. The predicted molar refractivity (Wildman–Crippen MR) is 77.9 cm³/mol. The highest BCUT2D eigenvalue weighted by Gasteiger charge is 2.29. The van der Waals surface area contributed by atoms with Crippen LogP contribution in [0.5, 0.6) is 0 Å². The van der Waals surface area contributed by atoms with Gasteiger partial charge in [-0.2, -0.15) is 0 Å². The number of nitrogens with zero attached hydrogens (tertiary/aromatic N) is 1. The lowest BCUT2D eigenvalue weighted by Gasteiger charge is -2.15. The second-order valence-corrected chi connectivity index (χ2v) is 5.31. The summed E-state index contributed by atoms with van der Waals surface area (Å²) in [6, 6.07) is 0. The molecule has 0 aromatic carbocycles. The summed E-state index contributed by atoms with van der Waals surface area (Å²) >= 11 is 0. The van der Waals surface area contributed by atoms with E-state index < -0.39 is 17.4 Å². The number of rotatable bonds is 7. The number of nitrogen functional groups attached to an aromatic ring is 1. The summed E-state index contributed by atoms with van der Waals surface area (Å²) in [4.78, 5) is 25.8. The van der Waals surface area contributed by atoms with Crippen LogP contribution in [0.3, 0.4) is 0 Å². The molecule has 1 aromatic rings. The van der Waals surface area contributed by atoms with Gasteiger partial charge in [0.2, 0.25) is 0 Å². The lowest BCUT2D eigenvalue weighted by Crippen LogP contribution is -2.35. The van der Waals surface area contributed by atoms with E-state index in [1.807, 2.05) is 6.92 Å². The van der Waals surface area contributed by atoms with Crippen LogP contribution in [0.15, 0.2) is 9.59 Å². The van der Waals surface area contributed by atoms with Gasteiger partial charge in [0.05, 0.1) is 6.10 Å². The summed E-state index contributed by atoms with van der Waals surface area (Å²) in [7, 11) is 0. The normalized spacial score (nSPS) is 16.1. The molecule has 1 atom stereocenters. The molecule has 0 saturated heterocycles. The molecule has 1 saturated carbocycles. The number of nitrogens with one attached hydrogen (secondary N) is 2. The van der Waals surface area contributed by atoms with Crippen LogP contribution in [0.1, 0.15) is 32.6 Å². The first kappa shape index (κ1) is 14.6. The Labute approximate surface area is 116 Å². The van der Waals surface area contributed by atoms with Crippen LogP contribution in [0.25, 0.3) is 0 Å². The van der Waals surface area contributed by atoms with E-state index in [-0.39, 0.29) is 18.1 Å². The molecule has 1 aliphatic rings. The molecule has 20 heavy (non-hydrogen) atoms. The molecule has 112 valence electrons. The minimum absolute atomic E-state index is 0.134. The smallest absolute Gasteiger partial charge is 0.330 e. The highest BCUT2D eigenvalue weighted by Crippen LogP contribution is 2.32. The maximum atomic E-state index is 11.8. The minimum atomic E-state index is -0.539. The summed E-state index contributed by atoms with van der Waals surface area (Å²) < 4.78 is 1.36. The first-order chi connectivity index (χ1) is 9.54. The number of aromatic nitrogens is 2. The topological polar surface area (TPSA) is 113 Å². The van der Waals surface area contributed by atoms with Crippen molar-refractivity contribution in [1.29, 1.82) is 0 Å². The fraction of sp³-hybridized carbons (Fsp3) is 0.692. The lowest BCUT2D eigenvalue weighted by molar-refractivity contribution is 0.164. The second kappa shape index (κ2) is 6.13. The molecule has 1 heterocycles. The Morgan fingerprint density at radius 2 is 2.20 bits per heavy atom. The number of hydrogen-bond donors (Lipinski definition) is 4. The molecule has 0 aliphatic heterocycles. The van der Waals surface area contributed by atoms with Crippen molar-refractivity contribution >= 4 is 11.5 Å². The van der Waals surface area contributed by atoms with Gasteiger partial charge in [0.15, 0.2) is 0 Å². The Morgan fingerprint density at radius 3 is 2.80 bits per heavy atom. The average molecular weight is 282 g/mol. The van der Waals surface area contributed by atoms with E-state index in [0.29, 0.717) is 12.5 Å². The zero-order valence-corrected chi connectivity index (χ0v) is 11.7. The van der Waals surface area contributed by atoms with Crippen molar-refractivity contribution < 1.29 is 5.11 Å². The minimum Gasteiger partial charge on any atom is -0.391 e. The van der Waals surface area contributed by atoms with Crippen molar-refractivity contribution in [3.05, 3.63) is 20.8 Å². The molecule has 1 unspecified atom stereocenters. The van der Waals surface area contributed by atoms with Gasteiger partial charge in [-0.15, -0.1) is 0 Å². The molecule has 2 rings (SSSR count). The first-order valence-electron chi connectivity index (χ1n) is 7.09. The highest BCUT2D eigenvalue weighted by molar-refractivity contribution is 5.60. The Morgan fingerprint density at radius 1 is 1.50 bits per heavy atom. The molecule has 0 bridgehead atoms. The lowest BCUT2D eigenvalue weighted by atomic mass is 10.2. The third-order valence-electron chi connectivity index (χ3n) is 3.63. The maximum Gasteiger partial charge on any atom is 0.330 e. The summed E-state index contributed by atoms with van der Waals surface area (Å²) in [6.45, 7) is 2.75. The van der Waals surface area contributed by atoms with Gasteiger partial charge in [-0.1, -0.05) is 13.3 Å². The molecule has 0 amide bonds. The van der Waals surface area contributed by atoms with Gasteiger partial charge in [-0.05, 0) is 25.2 Å². The Bertz CT molecular complexity index is 574. The molecule has 7 heteroatoms. The predicted octanol–water partition coefficient (Wildman–Crippen LogP) is 0.102. The summed E-state index contributed by atoms with van der Waals surface area (Å²) in [5.74, 6) is 0.448. The molecule has 7 nitrogen and oxygen atoms in total. The fourth-order valence-electron chi connectivity index (χ4n) is 2.15. The third kappa shape index (κ3) is 3.22. The standard InChI is InChI=1S/C13H22N4O3/c1-2-3-6-17-11(14)10(12(19)16-13(17)20)15-7-9(18)8-4-5-8/h8-9,15,18H,2-7,14H2,1H3,(H,16,19,20). The van der Waals surface area contributed by atoms with Crippen molar-refractivity contribution in [2.45, 2.75) is 45.3 Å². The van der Waals surface area contributed by atoms with E-state index in [1.54, 1.807) is 0 Å². The molecule has 0 spiro atoms. The number of aliphatic hydroxyl groups excluding tert-OH is 1. The average Bonchev–Trinajstić information content (AvgIpc) is 3.22. The number of nitrogens with two attached hydrogens (primary N) is 1. The van der Waals surface area contributed by atoms with Gasteiger partial charge in [0.1, 0.15) is 11.5 Å². The largest absolute Gasteiger partial charge is 0.391 e. The Hall–Kier alpha value is -1.76. The van der Waals surface area contributed by atoms with Crippen molar-refractivity contribution in [2.75, 3.05) is 17.6 Å². The van der Waals surface area contributed by atoms with E-state index in [4.69, 9.17) is 5.73 Å². The van der Waals surface area contributed by atoms with Gasteiger partial charge in [-0.25, -0.2) is 4.79 Å². The van der Waals surface area contributed by atoms with E-state index in [0.717, 1.165) is 25.7 Å². The van der Waals surface area contributed by atoms with Crippen molar-refractivity contribution in [1.82, 2.24) is 9.55 Å². The van der Waals surface area contributed by atoms with Crippen LogP contribution in [0.4, 0.5) is 11.5 Å². The van der Waals surface area contributed by atoms with Gasteiger partial charge in [-0.3, -0.25) is 14.3 Å². The first-order valence-corrected chi connectivity index (χ1v) is 7.09. The van der Waals surface area contributed by atoms with Crippen LogP contribution in [0, 0.1) is 5.92 Å². The molecule has 5 N–H and O–H groups in total. The van der Waals surface area contributed by atoms with Crippen LogP contribution in [-0.4, -0.2) is 27.3 Å². The number of hydrogen-bond acceptors (Lipinski definition) is 5. The number of aliphatic hydroxyl groups is 1. The highest BCUT2D eigenvalue weighted by atomic mass is 16.3. The summed E-state index contributed by atoms with van der Waals surface area (Å²) in [5, 5.41) is 12.7. The van der Waals surface area contributed by atoms with Crippen LogP contribution >= 0.6 is 0 Å². The summed E-state index contributed by atoms with van der Waals surface area (Å²) in [6.07, 6.45) is 3.29. The Kier molecular flexibility index (Phi) is 4.49. The van der Waals surface area contributed by atoms with Crippen LogP contribution < -0.4 is 22.3 Å². The number of unbranched alkanes of at least 4 members (excludes halogenated alkanes) is 1. The third-order valence-corrected chi connectivity index (χ3v) is 3.63. The maximum absolute atomic E-state index is 11.8. The van der Waals surface area contributed by atoms with Crippen LogP contribution in [0.2, 0.25) is 0 Å². The van der Waals surface area contributed by atoms with Gasteiger partial charge in [0.25, 0.3) is 5.56 Å². The quantitative estimate of drug-likeness (QED) is 0.566. The van der Waals surface area contributed by atoms with Crippen molar-refractivity contribution in [2.24, 2.45) is 5.92 Å². The SMILES string of the molecule is CCCCn1c(N)c(NCC(O)C2CC2)c(=O)[nH]c1=O. The molecule has 1 aromatic heterocycles. The summed E-state index contributed by atoms with van der Waals surface area (Å²) in [5.41, 5.74) is 5.04. The monoisotopic (exact) mass is 282 g/mol. The van der Waals surface area contributed by atoms with Crippen molar-refractivity contribution in [3.8, 4) is 0 Å². The van der Waals surface area contributed by atoms with Crippen molar-refractivity contribution in [3.63, 3.8) is 0 Å². The second-order valence-electron chi connectivity index (χ2n) is 5.31. The zero-order valence-electron chi connectivity index (χ0n) is 11.7. The Balaban J connectivity index is 2.17. The van der Waals surface area contributed by atoms with E-state index in [9.17, 15) is 14.7 Å². The number of H-pyrrole nitrogens is 1. The number of anilines is 2. The van der Waals surface area contributed by atoms with E-state index in [1.165, 1.54) is 4.57 Å². The van der Waals surface area contributed by atoms with Crippen LogP contribution in [-0.2, 0) is 6.54 Å². The van der Waals surface area contributed by atoms with E-state index in [2.05, 4.69) is 10.3 Å². The zero-order chi connectivity index (χ0) is 14.7. The van der Waals surface area contributed by atoms with Gasteiger partial charge >= 0.3 is 5.69 Å². The van der Waals surface area contributed by atoms with E-state index >= 15 is 0 Å². The van der Waals surface area contributed by atoms with Gasteiger partial charge < -0.3 is 16.2 Å².